The topological polar surface area (TPSA) is 78.7 Å². The molecule has 0 saturated carbocycles. The van der Waals surface area contributed by atoms with Crippen LogP contribution in [0.2, 0.25) is 0 Å². The van der Waals surface area contributed by atoms with Crippen molar-refractivity contribution in [2.75, 3.05) is 0 Å². The van der Waals surface area contributed by atoms with Crippen LogP contribution in [0.1, 0.15) is 11.1 Å². The van der Waals surface area contributed by atoms with Crippen molar-refractivity contribution >= 4 is 0 Å². The molecule has 0 aliphatic heterocycles. The van der Waals surface area contributed by atoms with Gasteiger partial charge < -0.3 is 0 Å². The Morgan fingerprint density at radius 1 is 1.39 bits per heavy atom. The van der Waals surface area contributed by atoms with E-state index in [0.717, 1.165) is 10.8 Å². The second-order valence-corrected chi connectivity index (χ2v) is 3.69. The maximum Gasteiger partial charge on any atom is 0.333 e. The first kappa shape index (κ1) is 11.8. The molecular weight excluding hydrogens is 237 g/mol. The summed E-state index contributed by atoms with van der Waals surface area (Å²) in [6.45, 7) is 1.63. The lowest BCUT2D eigenvalue weighted by Crippen LogP contribution is -2.30. The Labute approximate surface area is 101 Å². The van der Waals surface area contributed by atoms with Crippen molar-refractivity contribution in [2.24, 2.45) is 0 Å². The minimum absolute atomic E-state index is 0.0234. The number of halogens is 1. The number of aromatic amines is 1. The van der Waals surface area contributed by atoms with E-state index in [0.29, 0.717) is 5.56 Å². The van der Waals surface area contributed by atoms with Crippen molar-refractivity contribution in [3.05, 3.63) is 62.2 Å². The second kappa shape index (κ2) is 4.30. The highest BCUT2D eigenvalue weighted by molar-refractivity contribution is 5.42. The quantitative estimate of drug-likeness (QED) is 0.808. The minimum atomic E-state index is -0.785. The molecule has 0 bridgehead atoms. The fourth-order valence-corrected chi connectivity index (χ4v) is 1.64. The molecule has 0 radical (unpaired) electrons. The van der Waals surface area contributed by atoms with E-state index in [1.165, 1.54) is 12.1 Å². The van der Waals surface area contributed by atoms with E-state index >= 15 is 0 Å². The zero-order chi connectivity index (χ0) is 13.3. The number of H-pyrrole nitrogens is 1. The number of aromatic nitrogens is 2. The first-order valence-electron chi connectivity index (χ1n) is 5.06. The highest BCUT2D eigenvalue weighted by Gasteiger charge is 2.11. The van der Waals surface area contributed by atoms with E-state index < -0.39 is 17.1 Å². The fraction of sp³-hybridized carbons (Fsp3) is 0.0833. The number of benzene rings is 1. The van der Waals surface area contributed by atoms with Crippen molar-refractivity contribution in [2.45, 2.75) is 6.92 Å². The number of hydrogen-bond donors (Lipinski definition) is 1. The number of rotatable bonds is 1. The number of para-hydroxylation sites is 1. The van der Waals surface area contributed by atoms with Gasteiger partial charge in [0.1, 0.15) is 17.4 Å². The molecule has 1 aromatic carbocycles. The van der Waals surface area contributed by atoms with Crippen LogP contribution in [0.5, 0.6) is 0 Å². The Kier molecular flexibility index (Phi) is 2.81. The summed E-state index contributed by atoms with van der Waals surface area (Å²) in [7, 11) is 0. The van der Waals surface area contributed by atoms with Gasteiger partial charge in [0.15, 0.2) is 0 Å². The predicted octanol–water partition coefficient (Wildman–Crippen LogP) is 0.845. The van der Waals surface area contributed by atoms with Crippen LogP contribution >= 0.6 is 0 Å². The van der Waals surface area contributed by atoms with Crippen molar-refractivity contribution < 1.29 is 4.39 Å². The van der Waals surface area contributed by atoms with E-state index in [2.05, 4.69) is 0 Å². The number of nitriles is 1. The summed E-state index contributed by atoms with van der Waals surface area (Å²) in [4.78, 5) is 24.9. The normalized spacial score (nSPS) is 10.1. The molecule has 0 saturated heterocycles. The van der Waals surface area contributed by atoms with E-state index in [1.807, 2.05) is 4.98 Å². The van der Waals surface area contributed by atoms with Crippen molar-refractivity contribution in [3.63, 3.8) is 0 Å². The third-order valence-corrected chi connectivity index (χ3v) is 2.49. The first-order valence-corrected chi connectivity index (χ1v) is 5.06. The van der Waals surface area contributed by atoms with Gasteiger partial charge in [0.2, 0.25) is 0 Å². The van der Waals surface area contributed by atoms with E-state index in [4.69, 9.17) is 5.26 Å². The average molecular weight is 245 g/mol. The van der Waals surface area contributed by atoms with Gasteiger partial charge in [-0.1, -0.05) is 12.1 Å². The fourth-order valence-electron chi connectivity index (χ4n) is 1.64. The van der Waals surface area contributed by atoms with Crippen molar-refractivity contribution in [1.29, 1.82) is 5.26 Å². The van der Waals surface area contributed by atoms with E-state index in [1.54, 1.807) is 19.1 Å². The molecule has 0 fully saturated rings. The third-order valence-electron chi connectivity index (χ3n) is 2.49. The van der Waals surface area contributed by atoms with Gasteiger partial charge in [-0.25, -0.2) is 9.18 Å². The molecule has 1 aromatic heterocycles. The SMILES string of the molecule is Cc1cccc(F)c1-n1cc(C#N)c(=O)[nH]c1=O. The van der Waals surface area contributed by atoms with E-state index in [9.17, 15) is 14.0 Å². The van der Waals surface area contributed by atoms with Gasteiger partial charge in [0.25, 0.3) is 5.56 Å². The Morgan fingerprint density at radius 3 is 2.72 bits per heavy atom. The number of hydrogen-bond acceptors (Lipinski definition) is 3. The Balaban J connectivity index is 2.85. The number of aryl methyl sites for hydroxylation is 1. The van der Waals surface area contributed by atoms with Crippen LogP contribution in [0.4, 0.5) is 4.39 Å². The largest absolute Gasteiger partial charge is 0.333 e. The lowest BCUT2D eigenvalue weighted by molar-refractivity contribution is 0.612. The summed E-state index contributed by atoms with van der Waals surface area (Å²) in [5.74, 6) is -0.604. The van der Waals surface area contributed by atoms with Crippen LogP contribution in [-0.2, 0) is 0 Å². The number of nitrogens with zero attached hydrogens (tertiary/aromatic N) is 2. The lowest BCUT2D eigenvalue weighted by atomic mass is 10.2. The molecule has 1 N–H and O–H groups in total. The summed E-state index contributed by atoms with van der Waals surface area (Å²) in [5.41, 5.74) is -1.28. The molecule has 0 spiro atoms. The maximum atomic E-state index is 13.7. The van der Waals surface area contributed by atoms with Crippen LogP contribution in [0.25, 0.3) is 5.69 Å². The van der Waals surface area contributed by atoms with Crippen LogP contribution in [0.15, 0.2) is 34.0 Å². The summed E-state index contributed by atoms with van der Waals surface area (Å²) in [6.07, 6.45) is 1.03. The predicted molar refractivity (Wildman–Crippen MR) is 62.1 cm³/mol. The summed E-state index contributed by atoms with van der Waals surface area (Å²) in [6, 6.07) is 5.98. The molecule has 2 aromatic rings. The molecule has 0 atom stereocenters. The van der Waals surface area contributed by atoms with Crippen molar-refractivity contribution in [3.8, 4) is 11.8 Å². The standard InChI is InChI=1S/C12H8FN3O2/c1-7-3-2-4-9(13)10(7)16-6-8(5-14)11(17)15-12(16)18/h2-4,6H,1H3,(H,15,17,18). The van der Waals surface area contributed by atoms with Gasteiger partial charge in [-0.15, -0.1) is 0 Å². The maximum absolute atomic E-state index is 13.7. The summed E-state index contributed by atoms with van der Waals surface area (Å²) in [5, 5.41) is 8.74. The summed E-state index contributed by atoms with van der Waals surface area (Å²) < 4.78 is 14.6. The first-order chi connectivity index (χ1) is 8.54. The Hall–Kier alpha value is -2.68. The van der Waals surface area contributed by atoms with Crippen LogP contribution < -0.4 is 11.2 Å². The monoisotopic (exact) mass is 245 g/mol. The number of nitrogens with one attached hydrogen (secondary N) is 1. The molecule has 6 heteroatoms. The molecule has 18 heavy (non-hydrogen) atoms. The molecule has 0 aliphatic rings. The van der Waals surface area contributed by atoms with Crippen LogP contribution in [0, 0.1) is 24.1 Å². The van der Waals surface area contributed by atoms with Gasteiger partial charge in [0, 0.05) is 6.20 Å². The van der Waals surface area contributed by atoms with Gasteiger partial charge in [-0.05, 0) is 18.6 Å². The molecule has 0 amide bonds. The van der Waals surface area contributed by atoms with Crippen LogP contribution in [0.3, 0.4) is 0 Å². The molecule has 5 nitrogen and oxygen atoms in total. The van der Waals surface area contributed by atoms with Crippen LogP contribution in [-0.4, -0.2) is 9.55 Å². The molecular formula is C12H8FN3O2. The van der Waals surface area contributed by atoms with Crippen molar-refractivity contribution in [1.82, 2.24) is 9.55 Å². The van der Waals surface area contributed by atoms with Gasteiger partial charge in [0.05, 0.1) is 5.69 Å². The molecule has 0 unspecified atom stereocenters. The zero-order valence-corrected chi connectivity index (χ0v) is 9.40. The minimum Gasteiger partial charge on any atom is -0.273 e. The molecule has 0 aliphatic carbocycles. The molecule has 90 valence electrons. The van der Waals surface area contributed by atoms with Gasteiger partial charge >= 0.3 is 5.69 Å². The molecule has 2 rings (SSSR count). The van der Waals surface area contributed by atoms with E-state index in [-0.39, 0.29) is 11.3 Å². The summed E-state index contributed by atoms with van der Waals surface area (Å²) >= 11 is 0. The lowest BCUT2D eigenvalue weighted by Gasteiger charge is -2.09. The molecule has 1 heterocycles. The highest BCUT2D eigenvalue weighted by atomic mass is 19.1. The van der Waals surface area contributed by atoms with Gasteiger partial charge in [-0.2, -0.15) is 5.26 Å². The average Bonchev–Trinajstić information content (AvgIpc) is 2.31. The Morgan fingerprint density at radius 2 is 2.11 bits per heavy atom. The Bertz CT molecular complexity index is 748. The highest BCUT2D eigenvalue weighted by Crippen LogP contribution is 2.15. The van der Waals surface area contributed by atoms with Gasteiger partial charge in [-0.3, -0.25) is 14.3 Å². The second-order valence-electron chi connectivity index (χ2n) is 3.69. The third kappa shape index (κ3) is 1.82. The smallest absolute Gasteiger partial charge is 0.273 e. The zero-order valence-electron chi connectivity index (χ0n) is 9.40.